The van der Waals surface area contributed by atoms with Gasteiger partial charge in [0.2, 0.25) is 0 Å². The van der Waals surface area contributed by atoms with Crippen LogP contribution in [-0.4, -0.2) is 14.5 Å². The van der Waals surface area contributed by atoms with Crippen LogP contribution in [0.1, 0.15) is 10.7 Å². The number of thiophene rings is 1. The summed E-state index contributed by atoms with van der Waals surface area (Å²) >= 11 is 3.02. The molecule has 4 nitrogen and oxygen atoms in total. The van der Waals surface area contributed by atoms with Crippen LogP contribution >= 0.6 is 22.7 Å². The van der Waals surface area contributed by atoms with Crippen molar-refractivity contribution in [1.29, 1.82) is 0 Å². The molecule has 0 spiro atoms. The number of thiazole rings is 1. The van der Waals surface area contributed by atoms with Gasteiger partial charge in [0.15, 0.2) is 0 Å². The second-order valence-corrected chi connectivity index (χ2v) is 5.65. The van der Waals surface area contributed by atoms with E-state index in [9.17, 15) is 4.79 Å². The molecule has 0 aromatic carbocycles. The minimum Gasteiger partial charge on any atom is -0.292 e. The van der Waals surface area contributed by atoms with E-state index in [1.165, 1.54) is 11.3 Å². The minimum atomic E-state index is 0.00986. The SMILES string of the molecule is Cc1nc(Cn2cnc3ccsc3c2=O)cs1. The molecule has 0 radical (unpaired) electrons. The maximum absolute atomic E-state index is 12.1. The highest BCUT2D eigenvalue weighted by atomic mass is 32.1. The molecule has 0 unspecified atom stereocenters. The molecule has 0 bridgehead atoms. The summed E-state index contributed by atoms with van der Waals surface area (Å²) in [6.07, 6.45) is 1.59. The molecule has 3 rings (SSSR count). The van der Waals surface area contributed by atoms with Gasteiger partial charge in [-0.25, -0.2) is 9.97 Å². The van der Waals surface area contributed by atoms with Crippen LogP contribution in [0.2, 0.25) is 0 Å². The molecule has 3 aromatic heterocycles. The molecule has 0 amide bonds. The summed E-state index contributed by atoms with van der Waals surface area (Å²) in [7, 11) is 0. The smallest absolute Gasteiger partial charge is 0.271 e. The fourth-order valence-corrected chi connectivity index (χ4v) is 3.04. The van der Waals surface area contributed by atoms with Gasteiger partial charge >= 0.3 is 0 Å². The topological polar surface area (TPSA) is 47.8 Å². The molecule has 0 saturated heterocycles. The third kappa shape index (κ3) is 1.89. The fourth-order valence-electron chi connectivity index (χ4n) is 1.65. The number of aromatic nitrogens is 3. The summed E-state index contributed by atoms with van der Waals surface area (Å²) < 4.78 is 2.31. The van der Waals surface area contributed by atoms with E-state index in [1.54, 1.807) is 22.2 Å². The Morgan fingerprint density at radius 1 is 1.41 bits per heavy atom. The molecule has 3 heterocycles. The number of hydrogen-bond acceptors (Lipinski definition) is 5. The van der Waals surface area contributed by atoms with Crippen molar-refractivity contribution in [2.45, 2.75) is 13.5 Å². The molecule has 0 fully saturated rings. The van der Waals surface area contributed by atoms with E-state index in [-0.39, 0.29) is 5.56 Å². The Hall–Kier alpha value is -1.53. The van der Waals surface area contributed by atoms with Crippen molar-refractivity contribution in [3.8, 4) is 0 Å². The van der Waals surface area contributed by atoms with Gasteiger partial charge in [-0.1, -0.05) is 0 Å². The van der Waals surface area contributed by atoms with Gasteiger partial charge in [0.25, 0.3) is 5.56 Å². The van der Waals surface area contributed by atoms with Gasteiger partial charge in [-0.05, 0) is 18.4 Å². The summed E-state index contributed by atoms with van der Waals surface area (Å²) in [5.74, 6) is 0. The fraction of sp³-hybridized carbons (Fsp3) is 0.182. The van der Waals surface area contributed by atoms with Gasteiger partial charge in [-0.2, -0.15) is 0 Å². The van der Waals surface area contributed by atoms with E-state index in [4.69, 9.17) is 0 Å². The van der Waals surface area contributed by atoms with Crippen LogP contribution in [0.25, 0.3) is 10.2 Å². The number of aryl methyl sites for hydroxylation is 1. The lowest BCUT2D eigenvalue weighted by atomic mass is 10.4. The van der Waals surface area contributed by atoms with E-state index in [2.05, 4.69) is 9.97 Å². The third-order valence-corrected chi connectivity index (χ3v) is 4.15. The number of hydrogen-bond donors (Lipinski definition) is 0. The molecular weight excluding hydrogens is 254 g/mol. The lowest BCUT2D eigenvalue weighted by Gasteiger charge is -2.01. The van der Waals surface area contributed by atoms with Crippen LogP contribution in [0.4, 0.5) is 0 Å². The first-order chi connectivity index (χ1) is 8.24. The second-order valence-electron chi connectivity index (χ2n) is 3.67. The first-order valence-electron chi connectivity index (χ1n) is 5.08. The zero-order valence-electron chi connectivity index (χ0n) is 9.08. The van der Waals surface area contributed by atoms with Crippen molar-refractivity contribution in [3.05, 3.63) is 44.2 Å². The van der Waals surface area contributed by atoms with Crippen LogP contribution in [0.15, 0.2) is 27.9 Å². The quantitative estimate of drug-likeness (QED) is 0.712. The van der Waals surface area contributed by atoms with Gasteiger partial charge in [0, 0.05) is 5.38 Å². The van der Waals surface area contributed by atoms with Crippen LogP contribution in [0.5, 0.6) is 0 Å². The Labute approximate surface area is 105 Å². The van der Waals surface area contributed by atoms with Crippen LogP contribution in [0, 0.1) is 6.92 Å². The Morgan fingerprint density at radius 3 is 3.06 bits per heavy atom. The van der Waals surface area contributed by atoms with Crippen molar-refractivity contribution >= 4 is 32.9 Å². The van der Waals surface area contributed by atoms with Crippen molar-refractivity contribution in [2.24, 2.45) is 0 Å². The maximum atomic E-state index is 12.1. The predicted molar refractivity (Wildman–Crippen MR) is 69.8 cm³/mol. The van der Waals surface area contributed by atoms with E-state index in [0.29, 0.717) is 11.2 Å². The van der Waals surface area contributed by atoms with Crippen molar-refractivity contribution in [3.63, 3.8) is 0 Å². The molecular formula is C11H9N3OS2. The molecule has 17 heavy (non-hydrogen) atoms. The third-order valence-electron chi connectivity index (χ3n) is 2.43. The van der Waals surface area contributed by atoms with Crippen molar-refractivity contribution in [2.75, 3.05) is 0 Å². The highest BCUT2D eigenvalue weighted by molar-refractivity contribution is 7.17. The largest absolute Gasteiger partial charge is 0.292 e. The van der Waals surface area contributed by atoms with Crippen LogP contribution < -0.4 is 5.56 Å². The zero-order valence-corrected chi connectivity index (χ0v) is 10.7. The van der Waals surface area contributed by atoms with Gasteiger partial charge in [0.05, 0.1) is 29.1 Å². The van der Waals surface area contributed by atoms with E-state index >= 15 is 0 Å². The Kier molecular flexibility index (Phi) is 2.53. The van der Waals surface area contributed by atoms with Gasteiger partial charge in [0.1, 0.15) is 4.70 Å². The Bertz CT molecular complexity index is 725. The van der Waals surface area contributed by atoms with Gasteiger partial charge in [-0.3, -0.25) is 9.36 Å². The van der Waals surface area contributed by atoms with Crippen molar-refractivity contribution in [1.82, 2.24) is 14.5 Å². The summed E-state index contributed by atoms with van der Waals surface area (Å²) in [4.78, 5) is 20.7. The highest BCUT2D eigenvalue weighted by Gasteiger charge is 2.06. The lowest BCUT2D eigenvalue weighted by Crippen LogP contribution is -2.20. The average molecular weight is 263 g/mol. The standard InChI is InChI=1S/C11H9N3OS2/c1-7-13-8(5-17-7)4-14-6-12-9-2-3-16-10(9)11(14)15/h2-3,5-6H,4H2,1H3. The lowest BCUT2D eigenvalue weighted by molar-refractivity contribution is 0.734. The Morgan fingerprint density at radius 2 is 2.29 bits per heavy atom. The number of rotatable bonds is 2. The first kappa shape index (κ1) is 10.6. The maximum Gasteiger partial charge on any atom is 0.271 e. The summed E-state index contributed by atoms with van der Waals surface area (Å²) in [6, 6.07) is 1.86. The van der Waals surface area contributed by atoms with E-state index in [1.807, 2.05) is 23.8 Å². The average Bonchev–Trinajstić information content (AvgIpc) is 2.92. The Balaban J connectivity index is 2.06. The molecule has 0 aliphatic heterocycles. The number of nitrogens with zero attached hydrogens (tertiary/aromatic N) is 3. The van der Waals surface area contributed by atoms with Crippen LogP contribution in [-0.2, 0) is 6.54 Å². The summed E-state index contributed by atoms with van der Waals surface area (Å²) in [6.45, 7) is 2.45. The molecule has 0 N–H and O–H groups in total. The minimum absolute atomic E-state index is 0.00986. The number of fused-ring (bicyclic) bond motifs is 1. The molecule has 0 saturated carbocycles. The molecule has 0 aliphatic rings. The predicted octanol–water partition coefficient (Wildman–Crippen LogP) is 2.27. The molecule has 6 heteroatoms. The molecule has 0 atom stereocenters. The van der Waals surface area contributed by atoms with Crippen molar-refractivity contribution < 1.29 is 0 Å². The normalized spacial score (nSPS) is 11.1. The van der Waals surface area contributed by atoms with E-state index in [0.717, 1.165) is 16.2 Å². The molecule has 86 valence electrons. The van der Waals surface area contributed by atoms with E-state index < -0.39 is 0 Å². The second kappa shape index (κ2) is 4.05. The van der Waals surface area contributed by atoms with Crippen LogP contribution in [0.3, 0.4) is 0 Å². The van der Waals surface area contributed by atoms with Gasteiger partial charge < -0.3 is 0 Å². The first-order valence-corrected chi connectivity index (χ1v) is 6.83. The molecule has 0 aliphatic carbocycles. The molecule has 3 aromatic rings. The summed E-state index contributed by atoms with van der Waals surface area (Å²) in [5.41, 5.74) is 1.69. The zero-order chi connectivity index (χ0) is 11.8. The van der Waals surface area contributed by atoms with Gasteiger partial charge in [-0.15, -0.1) is 22.7 Å². The monoisotopic (exact) mass is 263 g/mol. The summed E-state index contributed by atoms with van der Waals surface area (Å²) in [5, 5.41) is 4.87. The highest BCUT2D eigenvalue weighted by Crippen LogP contribution is 2.14.